The Morgan fingerprint density at radius 3 is 1.61 bits per heavy atom. The van der Waals surface area contributed by atoms with Gasteiger partial charge in [0.2, 0.25) is 0 Å². The van der Waals surface area contributed by atoms with Gasteiger partial charge in [-0.3, -0.25) is 4.79 Å². The lowest BCUT2D eigenvalue weighted by Crippen LogP contribution is -2.40. The highest BCUT2D eigenvalue weighted by Crippen LogP contribution is 2.60. The zero-order valence-corrected chi connectivity index (χ0v) is 16.4. The summed E-state index contributed by atoms with van der Waals surface area (Å²) in [5, 5.41) is 10.9. The van der Waals surface area contributed by atoms with Gasteiger partial charge in [0, 0.05) is 16.9 Å². The normalized spacial score (nSPS) is 42.9. The average molecular weight is 321 g/mol. The number of ketones is 1. The van der Waals surface area contributed by atoms with Crippen LogP contribution in [-0.2, 0) is 4.79 Å². The molecule has 2 nitrogen and oxygen atoms in total. The summed E-state index contributed by atoms with van der Waals surface area (Å²) < 4.78 is 0. The predicted octanol–water partition coefficient (Wildman–Crippen LogP) is 5.92. The number of aliphatic hydroxyl groups is 1. The van der Waals surface area contributed by atoms with Gasteiger partial charge in [-0.25, -0.2) is 0 Å². The molecule has 0 aliphatic heterocycles. The molecule has 2 aliphatic carbocycles. The summed E-state index contributed by atoms with van der Waals surface area (Å²) in [5.41, 5.74) is -0.689. The molecule has 0 heterocycles. The van der Waals surface area contributed by atoms with Crippen molar-refractivity contribution in [2.45, 2.75) is 81.1 Å². The van der Waals surface area contributed by atoms with Gasteiger partial charge in [0.1, 0.15) is 5.76 Å². The fourth-order valence-electron chi connectivity index (χ4n) is 4.81. The molecule has 23 heavy (non-hydrogen) atoms. The largest absolute Gasteiger partial charge is 0.512 e. The Balaban J connectivity index is 2.34. The second kappa shape index (κ2) is 5.36. The zero-order valence-electron chi connectivity index (χ0n) is 16.4. The standard InChI is InChI=1S/C21H36O2/c1-14-9-11-20(7,18(14,3)4)16(22)13-17(23)21(8)12-10-15(2)19(21,5)6/h13-15,22H,9-12H2,1-8H3. The van der Waals surface area contributed by atoms with Crippen LogP contribution >= 0.6 is 0 Å². The average Bonchev–Trinajstić information content (AvgIpc) is 2.79. The molecule has 2 aliphatic rings. The van der Waals surface area contributed by atoms with Gasteiger partial charge < -0.3 is 5.11 Å². The number of hydrogen-bond acceptors (Lipinski definition) is 2. The Kier molecular flexibility index (Phi) is 4.32. The van der Waals surface area contributed by atoms with Crippen molar-refractivity contribution in [1.29, 1.82) is 0 Å². The minimum atomic E-state index is -0.370. The van der Waals surface area contributed by atoms with Crippen LogP contribution < -0.4 is 0 Å². The van der Waals surface area contributed by atoms with E-state index in [2.05, 4.69) is 55.4 Å². The van der Waals surface area contributed by atoms with E-state index < -0.39 is 0 Å². The Bertz CT molecular complexity index is 528. The quantitative estimate of drug-likeness (QED) is 0.517. The first-order valence-electron chi connectivity index (χ1n) is 9.26. The molecule has 0 saturated heterocycles. The highest BCUT2D eigenvalue weighted by Gasteiger charge is 2.55. The highest BCUT2D eigenvalue weighted by atomic mass is 16.3. The highest BCUT2D eigenvalue weighted by molar-refractivity contribution is 5.96. The molecule has 0 radical (unpaired) electrons. The Morgan fingerprint density at radius 2 is 1.26 bits per heavy atom. The van der Waals surface area contributed by atoms with Gasteiger partial charge in [-0.1, -0.05) is 55.4 Å². The van der Waals surface area contributed by atoms with E-state index >= 15 is 0 Å². The first-order valence-corrected chi connectivity index (χ1v) is 9.26. The molecular formula is C21H36O2. The van der Waals surface area contributed by atoms with Crippen molar-refractivity contribution in [2.24, 2.45) is 33.5 Å². The molecule has 0 bridgehead atoms. The molecule has 2 fully saturated rings. The third-order valence-electron chi connectivity index (χ3n) is 8.84. The third-order valence-corrected chi connectivity index (χ3v) is 8.84. The lowest BCUT2D eigenvalue weighted by molar-refractivity contribution is -0.128. The molecule has 0 aromatic rings. The number of carbonyl (C=O) groups is 1. The van der Waals surface area contributed by atoms with E-state index in [9.17, 15) is 9.90 Å². The fraction of sp³-hybridized carbons (Fsp3) is 0.857. The third kappa shape index (κ3) is 2.39. The number of allylic oxidation sites excluding steroid dienone is 2. The van der Waals surface area contributed by atoms with Gasteiger partial charge in [0.25, 0.3) is 0 Å². The predicted molar refractivity (Wildman–Crippen MR) is 96.3 cm³/mol. The van der Waals surface area contributed by atoms with Gasteiger partial charge >= 0.3 is 0 Å². The van der Waals surface area contributed by atoms with Gasteiger partial charge in [-0.15, -0.1) is 0 Å². The molecule has 0 aromatic carbocycles. The second-order valence-electron chi connectivity index (χ2n) is 9.88. The first kappa shape index (κ1) is 18.5. The van der Waals surface area contributed by atoms with Gasteiger partial charge in [-0.05, 0) is 48.3 Å². The van der Waals surface area contributed by atoms with Crippen LogP contribution in [0.25, 0.3) is 0 Å². The smallest absolute Gasteiger partial charge is 0.165 e. The molecule has 132 valence electrons. The Morgan fingerprint density at radius 1 is 0.870 bits per heavy atom. The summed E-state index contributed by atoms with van der Waals surface area (Å²) >= 11 is 0. The van der Waals surface area contributed by atoms with E-state index in [1.165, 1.54) is 0 Å². The van der Waals surface area contributed by atoms with Crippen LogP contribution in [0, 0.1) is 33.5 Å². The van der Waals surface area contributed by atoms with Gasteiger partial charge in [0.15, 0.2) is 5.78 Å². The van der Waals surface area contributed by atoms with Crippen molar-refractivity contribution in [2.75, 3.05) is 0 Å². The molecule has 4 atom stereocenters. The number of aliphatic hydroxyl groups excluding tert-OH is 1. The maximum absolute atomic E-state index is 13.1. The summed E-state index contributed by atoms with van der Waals surface area (Å²) in [7, 11) is 0. The lowest BCUT2D eigenvalue weighted by atomic mass is 9.62. The summed E-state index contributed by atoms with van der Waals surface area (Å²) in [6.07, 6.45) is 5.65. The maximum atomic E-state index is 13.1. The molecule has 0 amide bonds. The monoisotopic (exact) mass is 320 g/mol. The molecule has 4 unspecified atom stereocenters. The van der Waals surface area contributed by atoms with E-state index in [-0.39, 0.29) is 27.4 Å². The summed E-state index contributed by atoms with van der Waals surface area (Å²) in [6, 6.07) is 0. The number of hydrogen-bond donors (Lipinski definition) is 1. The van der Waals surface area contributed by atoms with E-state index in [0.717, 1.165) is 25.7 Å². The van der Waals surface area contributed by atoms with Gasteiger partial charge in [0.05, 0.1) is 0 Å². The van der Waals surface area contributed by atoms with Crippen LogP contribution in [0.5, 0.6) is 0 Å². The molecular weight excluding hydrogens is 284 g/mol. The Hall–Kier alpha value is -0.790. The van der Waals surface area contributed by atoms with Crippen LogP contribution in [0.15, 0.2) is 11.8 Å². The van der Waals surface area contributed by atoms with Crippen molar-refractivity contribution in [1.82, 2.24) is 0 Å². The van der Waals surface area contributed by atoms with Crippen LogP contribution in [0.2, 0.25) is 0 Å². The van der Waals surface area contributed by atoms with Crippen LogP contribution in [0.3, 0.4) is 0 Å². The maximum Gasteiger partial charge on any atom is 0.165 e. The Labute approximate surface area is 142 Å². The molecule has 2 saturated carbocycles. The summed E-state index contributed by atoms with van der Waals surface area (Å²) in [5.74, 6) is 1.50. The molecule has 0 aromatic heterocycles. The fourth-order valence-corrected chi connectivity index (χ4v) is 4.81. The molecule has 2 heteroatoms. The van der Waals surface area contributed by atoms with Crippen LogP contribution in [-0.4, -0.2) is 10.9 Å². The topological polar surface area (TPSA) is 37.3 Å². The first-order chi connectivity index (χ1) is 10.3. The van der Waals surface area contributed by atoms with Crippen LogP contribution in [0.4, 0.5) is 0 Å². The molecule has 2 rings (SSSR count). The lowest BCUT2D eigenvalue weighted by Gasteiger charge is -2.42. The van der Waals surface area contributed by atoms with Crippen molar-refractivity contribution >= 4 is 5.78 Å². The SMILES string of the molecule is CC1CCC(C)(C(=O)C=C(O)C2(C)CCC(C)C2(C)C)C1(C)C. The van der Waals surface area contributed by atoms with Crippen LogP contribution in [0.1, 0.15) is 81.1 Å². The van der Waals surface area contributed by atoms with E-state index in [0.29, 0.717) is 17.6 Å². The van der Waals surface area contributed by atoms with Crippen molar-refractivity contribution in [3.05, 3.63) is 11.8 Å². The number of rotatable bonds is 3. The second-order valence-corrected chi connectivity index (χ2v) is 9.88. The van der Waals surface area contributed by atoms with E-state index in [1.807, 2.05) is 0 Å². The van der Waals surface area contributed by atoms with Crippen molar-refractivity contribution in [3.63, 3.8) is 0 Å². The van der Waals surface area contributed by atoms with E-state index in [4.69, 9.17) is 0 Å². The summed E-state index contributed by atoms with van der Waals surface area (Å²) in [4.78, 5) is 13.1. The van der Waals surface area contributed by atoms with Crippen molar-refractivity contribution in [3.8, 4) is 0 Å². The number of carbonyl (C=O) groups excluding carboxylic acids is 1. The zero-order chi connectivity index (χ0) is 17.8. The minimum Gasteiger partial charge on any atom is -0.512 e. The summed E-state index contributed by atoms with van der Waals surface area (Å²) in [6.45, 7) is 17.6. The van der Waals surface area contributed by atoms with E-state index in [1.54, 1.807) is 6.08 Å². The minimum absolute atomic E-state index is 0.00720. The molecule has 0 spiro atoms. The van der Waals surface area contributed by atoms with Crippen molar-refractivity contribution < 1.29 is 9.90 Å². The molecule has 1 N–H and O–H groups in total. The van der Waals surface area contributed by atoms with Gasteiger partial charge in [-0.2, -0.15) is 0 Å².